The summed E-state index contributed by atoms with van der Waals surface area (Å²) in [4.78, 5) is 10.3. The largest absolute Gasteiger partial charge is 0.316 e. The van der Waals surface area contributed by atoms with Gasteiger partial charge in [-0.05, 0) is 24.8 Å². The van der Waals surface area contributed by atoms with Crippen molar-refractivity contribution in [3.8, 4) is 0 Å². The van der Waals surface area contributed by atoms with Crippen LogP contribution in [0, 0.1) is 11.8 Å². The Morgan fingerprint density at radius 3 is 3.09 bits per heavy atom. The van der Waals surface area contributed by atoms with Gasteiger partial charge in [0.1, 0.15) is 6.29 Å². The lowest BCUT2D eigenvalue weighted by Gasteiger charge is -2.28. The maximum absolute atomic E-state index is 10.3. The molecule has 0 aromatic heterocycles. The van der Waals surface area contributed by atoms with E-state index in [2.05, 4.69) is 11.9 Å². The highest BCUT2D eigenvalue weighted by molar-refractivity contribution is 5.49. The molecule has 1 saturated heterocycles. The molecule has 1 rings (SSSR count). The average molecular weight is 153 g/mol. The van der Waals surface area contributed by atoms with E-state index < -0.39 is 0 Å². The van der Waals surface area contributed by atoms with Crippen molar-refractivity contribution in [1.29, 1.82) is 0 Å². The first-order chi connectivity index (χ1) is 5.38. The van der Waals surface area contributed by atoms with Crippen molar-refractivity contribution in [3.63, 3.8) is 0 Å². The number of carbonyl (C=O) groups is 1. The minimum Gasteiger partial charge on any atom is -0.316 e. The minimum atomic E-state index is 0.494. The number of aldehydes is 1. The van der Waals surface area contributed by atoms with Crippen LogP contribution in [0.1, 0.15) is 12.8 Å². The Labute approximate surface area is 67.7 Å². The lowest BCUT2D eigenvalue weighted by Crippen LogP contribution is -2.35. The lowest BCUT2D eigenvalue weighted by atomic mass is 9.85. The maximum atomic E-state index is 10.3. The van der Waals surface area contributed by atoms with Crippen LogP contribution in [0.3, 0.4) is 0 Å². The molecule has 1 aliphatic heterocycles. The summed E-state index contributed by atoms with van der Waals surface area (Å²) < 4.78 is 0. The first kappa shape index (κ1) is 8.47. The molecule has 0 aromatic rings. The molecule has 1 fully saturated rings. The number of hydrogen-bond donors (Lipinski definition) is 1. The van der Waals surface area contributed by atoms with Crippen molar-refractivity contribution in [1.82, 2.24) is 5.32 Å². The fourth-order valence-electron chi connectivity index (χ4n) is 1.63. The van der Waals surface area contributed by atoms with Crippen LogP contribution in [0.5, 0.6) is 0 Å². The van der Waals surface area contributed by atoms with E-state index in [1.54, 1.807) is 0 Å². The molecule has 2 atom stereocenters. The first-order valence-electron chi connectivity index (χ1n) is 4.15. The first-order valence-corrected chi connectivity index (χ1v) is 4.15. The molecule has 1 N–H and O–H groups in total. The predicted octanol–water partition coefficient (Wildman–Crippen LogP) is 0.987. The maximum Gasteiger partial charge on any atom is 0.120 e. The molecule has 2 heteroatoms. The fourth-order valence-corrected chi connectivity index (χ4v) is 1.63. The number of rotatable bonds is 3. The number of nitrogens with one attached hydrogen (secondary N) is 1. The van der Waals surface area contributed by atoms with Gasteiger partial charge >= 0.3 is 0 Å². The minimum absolute atomic E-state index is 0.494. The van der Waals surface area contributed by atoms with E-state index in [-0.39, 0.29) is 0 Å². The van der Waals surface area contributed by atoms with Crippen LogP contribution >= 0.6 is 0 Å². The Hall–Kier alpha value is -0.630. The zero-order valence-corrected chi connectivity index (χ0v) is 6.75. The SMILES string of the molecule is C=C[C@H]1CNCC[C@H]1CC=O. The summed E-state index contributed by atoms with van der Waals surface area (Å²) in [5, 5.41) is 3.29. The topological polar surface area (TPSA) is 29.1 Å². The molecule has 1 heterocycles. The molecule has 1 aliphatic rings. The third-order valence-electron chi connectivity index (χ3n) is 2.38. The Morgan fingerprint density at radius 2 is 2.45 bits per heavy atom. The fraction of sp³-hybridized carbons (Fsp3) is 0.667. The third-order valence-corrected chi connectivity index (χ3v) is 2.38. The highest BCUT2D eigenvalue weighted by Crippen LogP contribution is 2.21. The van der Waals surface area contributed by atoms with Gasteiger partial charge < -0.3 is 10.1 Å². The van der Waals surface area contributed by atoms with E-state index in [4.69, 9.17) is 0 Å². The molecule has 11 heavy (non-hydrogen) atoms. The highest BCUT2D eigenvalue weighted by atomic mass is 16.1. The van der Waals surface area contributed by atoms with E-state index in [0.29, 0.717) is 18.3 Å². The van der Waals surface area contributed by atoms with Gasteiger partial charge in [0.05, 0.1) is 0 Å². The van der Waals surface area contributed by atoms with Gasteiger partial charge in [0.15, 0.2) is 0 Å². The van der Waals surface area contributed by atoms with Gasteiger partial charge in [-0.25, -0.2) is 0 Å². The van der Waals surface area contributed by atoms with Crippen molar-refractivity contribution in [2.75, 3.05) is 13.1 Å². The van der Waals surface area contributed by atoms with Gasteiger partial charge in [-0.3, -0.25) is 0 Å². The highest BCUT2D eigenvalue weighted by Gasteiger charge is 2.21. The zero-order chi connectivity index (χ0) is 8.10. The van der Waals surface area contributed by atoms with Crippen LogP contribution < -0.4 is 5.32 Å². The molecular formula is C9H15NO. The molecule has 62 valence electrons. The van der Waals surface area contributed by atoms with Crippen LogP contribution in [-0.4, -0.2) is 19.4 Å². The van der Waals surface area contributed by atoms with Gasteiger partial charge in [0.25, 0.3) is 0 Å². The van der Waals surface area contributed by atoms with Gasteiger partial charge in [-0.15, -0.1) is 6.58 Å². The molecule has 0 aromatic carbocycles. The van der Waals surface area contributed by atoms with Crippen LogP contribution in [0.15, 0.2) is 12.7 Å². The molecule has 0 radical (unpaired) electrons. The molecule has 0 unspecified atom stereocenters. The monoisotopic (exact) mass is 153 g/mol. The quantitative estimate of drug-likeness (QED) is 0.484. The summed E-state index contributed by atoms with van der Waals surface area (Å²) >= 11 is 0. The normalized spacial score (nSPS) is 31.3. The predicted molar refractivity (Wildman–Crippen MR) is 45.3 cm³/mol. The van der Waals surface area contributed by atoms with Crippen molar-refractivity contribution in [2.45, 2.75) is 12.8 Å². The standard InChI is InChI=1S/C9H15NO/c1-2-8-7-10-5-3-9(8)4-6-11/h2,6,8-10H,1,3-5,7H2/t8-,9-/m0/s1. The summed E-state index contributed by atoms with van der Waals surface area (Å²) in [6.07, 6.45) is 4.78. The second kappa shape index (κ2) is 4.29. The van der Waals surface area contributed by atoms with Gasteiger partial charge in [0.2, 0.25) is 0 Å². The molecule has 0 amide bonds. The Morgan fingerprint density at radius 1 is 1.64 bits per heavy atom. The summed E-state index contributed by atoms with van der Waals surface area (Å²) in [6.45, 7) is 5.79. The Kier molecular flexibility index (Phi) is 3.30. The summed E-state index contributed by atoms with van der Waals surface area (Å²) in [5.74, 6) is 1.03. The van der Waals surface area contributed by atoms with Crippen LogP contribution in [0.4, 0.5) is 0 Å². The van der Waals surface area contributed by atoms with E-state index >= 15 is 0 Å². The zero-order valence-electron chi connectivity index (χ0n) is 6.75. The van der Waals surface area contributed by atoms with Crippen LogP contribution in [0.25, 0.3) is 0 Å². The van der Waals surface area contributed by atoms with Crippen LogP contribution in [-0.2, 0) is 4.79 Å². The Balaban J connectivity index is 2.43. The summed E-state index contributed by atoms with van der Waals surface area (Å²) in [7, 11) is 0. The van der Waals surface area contributed by atoms with Crippen molar-refractivity contribution in [3.05, 3.63) is 12.7 Å². The Bertz CT molecular complexity index is 144. The van der Waals surface area contributed by atoms with Gasteiger partial charge in [0, 0.05) is 13.0 Å². The van der Waals surface area contributed by atoms with Crippen molar-refractivity contribution >= 4 is 6.29 Å². The molecule has 0 saturated carbocycles. The number of carbonyl (C=O) groups excluding carboxylic acids is 1. The second-order valence-corrected chi connectivity index (χ2v) is 3.05. The average Bonchev–Trinajstić information content (AvgIpc) is 2.06. The van der Waals surface area contributed by atoms with Gasteiger partial charge in [-0.2, -0.15) is 0 Å². The molecule has 0 aliphatic carbocycles. The summed E-state index contributed by atoms with van der Waals surface area (Å²) in [5.41, 5.74) is 0. The van der Waals surface area contributed by atoms with E-state index in [9.17, 15) is 4.79 Å². The smallest absolute Gasteiger partial charge is 0.120 e. The van der Waals surface area contributed by atoms with E-state index in [1.165, 1.54) is 0 Å². The van der Waals surface area contributed by atoms with E-state index in [1.807, 2.05) is 6.08 Å². The molecule has 2 nitrogen and oxygen atoms in total. The van der Waals surface area contributed by atoms with Crippen LogP contribution in [0.2, 0.25) is 0 Å². The van der Waals surface area contributed by atoms with Crippen molar-refractivity contribution in [2.24, 2.45) is 11.8 Å². The molecule has 0 spiro atoms. The summed E-state index contributed by atoms with van der Waals surface area (Å²) in [6, 6.07) is 0. The molecular weight excluding hydrogens is 138 g/mol. The lowest BCUT2D eigenvalue weighted by molar-refractivity contribution is -0.109. The second-order valence-electron chi connectivity index (χ2n) is 3.05. The third kappa shape index (κ3) is 2.15. The number of hydrogen-bond acceptors (Lipinski definition) is 2. The van der Waals surface area contributed by atoms with E-state index in [0.717, 1.165) is 25.8 Å². The number of piperidine rings is 1. The van der Waals surface area contributed by atoms with Gasteiger partial charge in [-0.1, -0.05) is 6.08 Å². The molecule has 0 bridgehead atoms. The van der Waals surface area contributed by atoms with Crippen molar-refractivity contribution < 1.29 is 4.79 Å².